The van der Waals surface area contributed by atoms with Crippen LogP contribution < -0.4 is 0 Å². The first-order valence-corrected chi connectivity index (χ1v) is 31.8. The molecule has 0 aliphatic carbocycles. The number of hydrogen-bond acceptors (Lipinski definition) is 12. The van der Waals surface area contributed by atoms with Crippen LogP contribution in [-0.2, 0) is 80.4 Å². The molecule has 4 radical (unpaired) electrons. The number of halogens is 4. The number of benzene rings is 10. The van der Waals surface area contributed by atoms with Crippen molar-refractivity contribution in [2.75, 3.05) is 0 Å². The summed E-state index contributed by atoms with van der Waals surface area (Å²) in [6.07, 6.45) is -0.556. The number of aryl methyl sites for hydroxylation is 1. The van der Waals surface area contributed by atoms with Gasteiger partial charge in [0.15, 0.2) is 0 Å². The van der Waals surface area contributed by atoms with E-state index in [4.69, 9.17) is 35.4 Å². The molecule has 4 unspecified atom stereocenters. The van der Waals surface area contributed by atoms with Crippen LogP contribution in [0.2, 0.25) is 0 Å². The molecule has 4 atom stereocenters. The molecule has 0 saturated carbocycles. The Labute approximate surface area is 645 Å². The monoisotopic (exact) mass is 2080 g/mol. The first-order chi connectivity index (χ1) is 47.3. The van der Waals surface area contributed by atoms with Gasteiger partial charge in [0.1, 0.15) is 5.82 Å². The number of nitrogens with zero attached hydrogens (tertiary/aromatic N) is 8. The second-order valence-electron chi connectivity index (χ2n) is 23.3. The van der Waals surface area contributed by atoms with Crippen LogP contribution in [-0.4, -0.2) is 84.7 Å². The van der Waals surface area contributed by atoms with Crippen LogP contribution in [0.1, 0.15) is 71.7 Å². The molecule has 532 valence electrons. The van der Waals surface area contributed by atoms with E-state index >= 15 is 0 Å². The van der Waals surface area contributed by atoms with Gasteiger partial charge in [0.05, 0.1) is 79.9 Å². The van der Waals surface area contributed by atoms with Crippen molar-refractivity contribution in [3.8, 4) is 67.5 Å². The second-order valence-corrected chi connectivity index (χ2v) is 23.3. The summed E-state index contributed by atoms with van der Waals surface area (Å²) in [5.41, 5.74) is 17.8. The molecule has 12 nitrogen and oxygen atoms in total. The Balaban J connectivity index is 0.000000228. The zero-order chi connectivity index (χ0) is 69.7. The number of rotatable bonds is 11. The minimum Gasteiger partial charge on any atom is -0.393 e. The van der Waals surface area contributed by atoms with Gasteiger partial charge in [0.25, 0.3) is 0 Å². The number of aliphatic hydroxyl groups is 4. The summed E-state index contributed by atoms with van der Waals surface area (Å²) in [5.74, 6) is -1.04. The van der Waals surface area contributed by atoms with Crippen LogP contribution in [0.25, 0.3) is 112 Å². The van der Waals surface area contributed by atoms with Crippen LogP contribution in [0.4, 0.5) is 17.6 Å². The molecular weight excluding hydrogens is 2010 g/mol. The third kappa shape index (κ3) is 24.4. The van der Waals surface area contributed by atoms with Gasteiger partial charge in [-0.2, -0.15) is 0 Å². The van der Waals surface area contributed by atoms with Gasteiger partial charge in [-0.25, -0.2) is 4.39 Å². The fourth-order valence-corrected chi connectivity index (χ4v) is 10.1. The van der Waals surface area contributed by atoms with Crippen molar-refractivity contribution in [1.82, 2.24) is 39.9 Å². The Morgan fingerprint density at radius 2 is 0.588 bits per heavy atom. The molecule has 4 heterocycles. The standard InChI is InChI=1S/C20H11F2N2.C20H13N2.C17H14FN2.C15H10FN2.2C5H12O2.4Ir/c21-15-9-5-13(6-10-15)19-20(14-7-11-16(22)12-8-14)24-18-4-2-1-3-17(18)23-19;1-3-9-15(10-4-1)19-20(16-11-5-2-6-12-16)22-18-14-8-7-13-17(18)21-19;1-11(2)16-17(12-7-9-13(18)10-8-12)20-15-6-4-3-5-14(15)19-16;1-10-15(11-6-8-12(16)9-7-11)18-14-5-3-2-4-13(14)17-10;2*1-4(6)3-5(2)7;;;;/h1-7,9-12H;1-11,13-14H;3-7,9-11H,1-2H3;2-6,8-9H,1H3;2*4-7H,3H2,1-2H3;;;;/q4*-1;;;;;;. The minimum atomic E-state index is -0.375. The molecule has 4 N–H and O–H groups in total. The molecule has 14 rings (SSSR count). The van der Waals surface area contributed by atoms with Crippen molar-refractivity contribution in [2.45, 2.75) is 91.6 Å². The van der Waals surface area contributed by atoms with Crippen LogP contribution in [0.5, 0.6) is 0 Å². The van der Waals surface area contributed by atoms with Crippen molar-refractivity contribution in [3.05, 3.63) is 289 Å². The van der Waals surface area contributed by atoms with E-state index in [-0.39, 0.29) is 134 Å². The number of para-hydroxylation sites is 8. The van der Waals surface area contributed by atoms with Crippen molar-refractivity contribution in [3.63, 3.8) is 0 Å². The zero-order valence-corrected chi connectivity index (χ0v) is 66.0. The summed E-state index contributed by atoms with van der Waals surface area (Å²) < 4.78 is 52.4. The molecule has 20 heteroatoms. The van der Waals surface area contributed by atoms with Gasteiger partial charge in [-0.3, -0.25) is 53.0 Å². The fourth-order valence-electron chi connectivity index (χ4n) is 10.1. The van der Waals surface area contributed by atoms with Gasteiger partial charge < -0.3 is 20.4 Å². The van der Waals surface area contributed by atoms with Crippen LogP contribution in [0, 0.1) is 54.5 Å². The van der Waals surface area contributed by atoms with E-state index in [2.05, 4.69) is 75.2 Å². The molecular formula is C82H72F4Ir4N8O4-4. The quantitative estimate of drug-likeness (QED) is 0.0711. The maximum absolute atomic E-state index is 13.2. The summed E-state index contributed by atoms with van der Waals surface area (Å²) >= 11 is 0. The van der Waals surface area contributed by atoms with E-state index in [1.54, 1.807) is 58.0 Å². The van der Waals surface area contributed by atoms with E-state index in [0.29, 0.717) is 29.8 Å². The Hall–Kier alpha value is -8.28. The second kappa shape index (κ2) is 41.7. The number of fused-ring (bicyclic) bond motifs is 4. The predicted molar refractivity (Wildman–Crippen MR) is 381 cm³/mol. The molecule has 0 bridgehead atoms. The topological polar surface area (TPSA) is 184 Å². The van der Waals surface area contributed by atoms with Gasteiger partial charge in [-0.05, 0) is 125 Å². The van der Waals surface area contributed by atoms with Crippen molar-refractivity contribution in [2.24, 2.45) is 0 Å². The van der Waals surface area contributed by atoms with E-state index < -0.39 is 0 Å². The molecule has 10 aromatic carbocycles. The molecule has 102 heavy (non-hydrogen) atoms. The Morgan fingerprint density at radius 1 is 0.294 bits per heavy atom. The Kier molecular flexibility index (Phi) is 34.5. The third-order valence-corrected chi connectivity index (χ3v) is 14.6. The summed E-state index contributed by atoms with van der Waals surface area (Å²) in [7, 11) is 0. The number of aliphatic hydroxyl groups excluding tert-OH is 4. The minimum absolute atomic E-state index is 0. The summed E-state index contributed by atoms with van der Waals surface area (Å²) in [6, 6.07) is 80.0. The van der Waals surface area contributed by atoms with Crippen molar-refractivity contribution < 1.29 is 118 Å². The van der Waals surface area contributed by atoms with Crippen molar-refractivity contribution >= 4 is 44.1 Å². The smallest absolute Gasteiger partial charge is 0.123 e. The largest absolute Gasteiger partial charge is 0.393 e. The summed E-state index contributed by atoms with van der Waals surface area (Å²) in [4.78, 5) is 37.4. The normalized spacial score (nSPS) is 11.6. The fraction of sp³-hybridized carbons (Fsp3) is 0.171. The van der Waals surface area contributed by atoms with Crippen LogP contribution in [0.15, 0.2) is 231 Å². The summed E-state index contributed by atoms with van der Waals surface area (Å²) in [5, 5.41) is 34.3. The van der Waals surface area contributed by atoms with E-state index in [9.17, 15) is 17.6 Å². The van der Waals surface area contributed by atoms with Crippen molar-refractivity contribution in [1.29, 1.82) is 0 Å². The van der Waals surface area contributed by atoms with E-state index in [1.807, 2.05) is 146 Å². The van der Waals surface area contributed by atoms with Gasteiger partial charge >= 0.3 is 0 Å². The molecule has 0 saturated heterocycles. The van der Waals surface area contributed by atoms with Gasteiger partial charge in [-0.1, -0.05) is 105 Å². The molecule has 0 aliphatic rings. The Morgan fingerprint density at radius 3 is 0.931 bits per heavy atom. The van der Waals surface area contributed by atoms with E-state index in [1.165, 1.54) is 48.5 Å². The molecule has 0 aliphatic heterocycles. The molecule has 0 fully saturated rings. The van der Waals surface area contributed by atoms with Gasteiger partial charge in [0, 0.05) is 132 Å². The van der Waals surface area contributed by atoms with Gasteiger partial charge in [-0.15, -0.1) is 125 Å². The SMILES string of the molecule is CC(C)c1nc2ccccc2nc1-c1[c-]cc(F)cc1.CC(O)CC(C)O.CC(O)CC(C)O.Cc1nc2ccccc2nc1-c1[c-]cc(F)cc1.Fc1c[c-]c(-c2nc3ccccc3nc2-c2ccc(F)cc2)cc1.[Ir].[Ir].[Ir].[Ir].[c-]1ccccc1-c1nc2ccccc2nc1-c1ccccc1. The first kappa shape index (κ1) is 84.4. The third-order valence-electron chi connectivity index (χ3n) is 14.6. The number of hydrogen-bond donors (Lipinski definition) is 4. The predicted octanol–water partition coefficient (Wildman–Crippen LogP) is 18.0. The van der Waals surface area contributed by atoms with E-state index in [0.717, 1.165) is 106 Å². The molecule has 14 aromatic rings. The van der Waals surface area contributed by atoms with Crippen LogP contribution >= 0.6 is 0 Å². The maximum atomic E-state index is 13.2. The van der Waals surface area contributed by atoms with Crippen LogP contribution in [0.3, 0.4) is 0 Å². The number of aromatic nitrogens is 8. The van der Waals surface area contributed by atoms with Gasteiger partial charge in [0.2, 0.25) is 0 Å². The first-order valence-electron chi connectivity index (χ1n) is 31.8. The zero-order valence-electron chi connectivity index (χ0n) is 56.5. The average molecular weight is 2080 g/mol. The molecule has 0 amide bonds. The Bertz CT molecular complexity index is 4680. The summed E-state index contributed by atoms with van der Waals surface area (Å²) in [6.45, 7) is 12.7. The molecule has 0 spiro atoms. The average Bonchev–Trinajstić information content (AvgIpc) is 0.804. The molecule has 4 aromatic heterocycles. The maximum Gasteiger partial charge on any atom is 0.123 e.